The van der Waals surface area contributed by atoms with Crippen LogP contribution in [0, 0.1) is 11.3 Å². The third kappa shape index (κ3) is 6.71. The number of benzene rings is 1. The highest BCUT2D eigenvalue weighted by Gasteiger charge is 2.38. The van der Waals surface area contributed by atoms with Gasteiger partial charge in [-0.3, -0.25) is 18.7 Å². The fraction of sp³-hybridized carbons (Fsp3) is 0.333. The molecule has 2 aliphatic rings. The predicted octanol–water partition coefficient (Wildman–Crippen LogP) is 0.0421. The van der Waals surface area contributed by atoms with Crippen LogP contribution in [0.1, 0.15) is 13.8 Å². The summed E-state index contributed by atoms with van der Waals surface area (Å²) in [6, 6.07) is 6.46. The minimum Gasteiger partial charge on any atom is -0.477 e. The number of allylic oxidation sites excluding steroid dienone is 2. The Balaban J connectivity index is 1.80. The van der Waals surface area contributed by atoms with E-state index in [1.807, 2.05) is 6.07 Å². The van der Waals surface area contributed by atoms with Gasteiger partial charge >= 0.3 is 0 Å². The monoisotopic (exact) mass is 553 g/mol. The van der Waals surface area contributed by atoms with E-state index in [9.17, 15) is 31.7 Å². The van der Waals surface area contributed by atoms with Gasteiger partial charge in [-0.25, -0.2) is 0 Å². The molecule has 14 nitrogen and oxygen atoms in total. The molecule has 0 spiro atoms. The number of nitriles is 1. The van der Waals surface area contributed by atoms with Crippen molar-refractivity contribution in [1.82, 2.24) is 10.2 Å². The summed E-state index contributed by atoms with van der Waals surface area (Å²) >= 11 is 0. The average Bonchev–Trinajstić information content (AvgIpc) is 3.26. The molecule has 0 unspecified atom stereocenters. The molecule has 0 radical (unpaired) electrons. The molecule has 37 heavy (non-hydrogen) atoms. The SMILES string of the molecule is CC1(C)COC(=CC=C2C(=O)N(c3ccc(S(=O)(=O)O)cc3)N=C2C#N)N1CC(=O)NCCS(=O)(=O)O. The number of hydrogen-bond donors (Lipinski definition) is 3. The number of carbonyl (C=O) groups excluding carboxylic acids is 2. The number of rotatable bonds is 8. The lowest BCUT2D eigenvalue weighted by molar-refractivity contribution is -0.122. The van der Waals surface area contributed by atoms with E-state index in [1.54, 1.807) is 18.7 Å². The van der Waals surface area contributed by atoms with E-state index in [0.717, 1.165) is 17.1 Å². The first kappa shape index (κ1) is 27.8. The fourth-order valence-corrected chi connectivity index (χ4v) is 4.23. The molecular weight excluding hydrogens is 530 g/mol. The van der Waals surface area contributed by atoms with Crippen molar-refractivity contribution in [3.8, 4) is 6.07 Å². The van der Waals surface area contributed by atoms with Crippen LogP contribution >= 0.6 is 0 Å². The van der Waals surface area contributed by atoms with E-state index in [1.165, 1.54) is 24.3 Å². The van der Waals surface area contributed by atoms with Crippen LogP contribution in [0.5, 0.6) is 0 Å². The van der Waals surface area contributed by atoms with Gasteiger partial charge in [0.05, 0.1) is 27.4 Å². The Morgan fingerprint density at radius 2 is 1.86 bits per heavy atom. The average molecular weight is 554 g/mol. The predicted molar refractivity (Wildman–Crippen MR) is 129 cm³/mol. The summed E-state index contributed by atoms with van der Waals surface area (Å²) in [5.74, 6) is -1.64. The maximum absolute atomic E-state index is 13.0. The summed E-state index contributed by atoms with van der Waals surface area (Å²) < 4.78 is 67.7. The summed E-state index contributed by atoms with van der Waals surface area (Å²) in [4.78, 5) is 26.5. The van der Waals surface area contributed by atoms with Gasteiger partial charge in [0.15, 0.2) is 11.6 Å². The lowest BCUT2D eigenvalue weighted by atomic mass is 10.1. The van der Waals surface area contributed by atoms with Gasteiger partial charge in [-0.2, -0.15) is 32.2 Å². The van der Waals surface area contributed by atoms with E-state index >= 15 is 0 Å². The van der Waals surface area contributed by atoms with Crippen molar-refractivity contribution >= 4 is 43.4 Å². The van der Waals surface area contributed by atoms with Crippen LogP contribution in [0.4, 0.5) is 5.69 Å². The molecule has 3 rings (SSSR count). The van der Waals surface area contributed by atoms with Gasteiger partial charge in [0.1, 0.15) is 19.2 Å². The Morgan fingerprint density at radius 1 is 1.22 bits per heavy atom. The van der Waals surface area contributed by atoms with Gasteiger partial charge in [0.2, 0.25) is 5.91 Å². The molecule has 1 aromatic carbocycles. The molecule has 2 heterocycles. The zero-order chi connectivity index (χ0) is 27.6. The molecule has 2 aliphatic heterocycles. The van der Waals surface area contributed by atoms with Crippen LogP contribution in [-0.2, 0) is 34.6 Å². The van der Waals surface area contributed by atoms with Gasteiger partial charge in [-0.15, -0.1) is 0 Å². The van der Waals surface area contributed by atoms with Crippen molar-refractivity contribution in [2.45, 2.75) is 24.3 Å². The molecule has 2 amide bonds. The van der Waals surface area contributed by atoms with Crippen molar-refractivity contribution in [1.29, 1.82) is 5.26 Å². The van der Waals surface area contributed by atoms with Crippen molar-refractivity contribution < 1.29 is 40.3 Å². The van der Waals surface area contributed by atoms with Crippen LogP contribution in [0.3, 0.4) is 0 Å². The Bertz CT molecular complexity index is 1450. The van der Waals surface area contributed by atoms with E-state index in [-0.39, 0.29) is 47.4 Å². The van der Waals surface area contributed by atoms with Gasteiger partial charge in [-0.05, 0) is 50.3 Å². The van der Waals surface area contributed by atoms with Gasteiger partial charge in [0, 0.05) is 6.54 Å². The Labute approximate surface area is 213 Å². The summed E-state index contributed by atoms with van der Waals surface area (Å²) in [6.45, 7) is 3.29. The number of nitrogens with one attached hydrogen (secondary N) is 1. The van der Waals surface area contributed by atoms with Crippen LogP contribution in [0.15, 0.2) is 57.9 Å². The second kappa shape index (κ2) is 10.3. The second-order valence-electron chi connectivity index (χ2n) is 8.55. The van der Waals surface area contributed by atoms with Gasteiger partial charge in [0.25, 0.3) is 26.1 Å². The van der Waals surface area contributed by atoms with E-state index < -0.39 is 43.3 Å². The fourth-order valence-electron chi connectivity index (χ4n) is 3.39. The van der Waals surface area contributed by atoms with E-state index in [0.29, 0.717) is 0 Å². The van der Waals surface area contributed by atoms with Gasteiger partial charge < -0.3 is 15.0 Å². The maximum atomic E-state index is 13.0. The first-order valence-electron chi connectivity index (χ1n) is 10.6. The summed E-state index contributed by atoms with van der Waals surface area (Å²) in [5, 5.41) is 16.7. The van der Waals surface area contributed by atoms with Crippen LogP contribution in [-0.4, -0.2) is 79.4 Å². The molecule has 0 saturated carbocycles. The molecule has 1 saturated heterocycles. The maximum Gasteiger partial charge on any atom is 0.294 e. The number of carbonyl (C=O) groups is 2. The molecule has 1 fully saturated rings. The lowest BCUT2D eigenvalue weighted by Crippen LogP contribution is -2.46. The molecule has 0 bridgehead atoms. The summed E-state index contributed by atoms with van der Waals surface area (Å²) in [6.07, 6.45) is 2.70. The molecule has 0 aliphatic carbocycles. The first-order chi connectivity index (χ1) is 17.1. The normalized spacial score (nSPS) is 19.6. The standard InChI is InChI=1S/C21H23N5O9S2/c1-21(2)13-35-19(25(21)12-18(27)23-9-10-36(29,30)31)8-7-16-17(11-22)24-26(20(16)28)14-3-5-15(6-4-14)37(32,33)34/h3-8H,9-10,12-13H2,1-2H3,(H,23,27)(H,29,30,31)(H,32,33,34). The van der Waals surface area contributed by atoms with E-state index in [2.05, 4.69) is 10.4 Å². The molecule has 1 aromatic rings. The van der Waals surface area contributed by atoms with Crippen LogP contribution in [0.2, 0.25) is 0 Å². The largest absolute Gasteiger partial charge is 0.477 e. The molecule has 0 atom stereocenters. The lowest BCUT2D eigenvalue weighted by Gasteiger charge is -2.29. The Hall–Kier alpha value is -3.78. The van der Waals surface area contributed by atoms with Crippen molar-refractivity contribution in [2.75, 3.05) is 30.5 Å². The summed E-state index contributed by atoms with van der Waals surface area (Å²) in [5.41, 5.74) is -0.785. The highest BCUT2D eigenvalue weighted by atomic mass is 32.2. The highest BCUT2D eigenvalue weighted by molar-refractivity contribution is 7.86. The van der Waals surface area contributed by atoms with Crippen molar-refractivity contribution in [3.63, 3.8) is 0 Å². The quantitative estimate of drug-likeness (QED) is 0.289. The zero-order valence-electron chi connectivity index (χ0n) is 19.7. The van der Waals surface area contributed by atoms with Crippen LogP contribution in [0.25, 0.3) is 0 Å². The Kier molecular flexibility index (Phi) is 7.74. The smallest absolute Gasteiger partial charge is 0.294 e. The first-order valence-corrected chi connectivity index (χ1v) is 13.6. The third-order valence-corrected chi connectivity index (χ3v) is 6.90. The van der Waals surface area contributed by atoms with Gasteiger partial charge in [-0.1, -0.05) is 0 Å². The molecule has 16 heteroatoms. The topological polar surface area (TPSA) is 207 Å². The van der Waals surface area contributed by atoms with E-state index in [4.69, 9.17) is 13.8 Å². The highest BCUT2D eigenvalue weighted by Crippen LogP contribution is 2.30. The minimum absolute atomic E-state index is 0.0836. The van der Waals surface area contributed by atoms with Crippen molar-refractivity contribution in [3.05, 3.63) is 47.9 Å². The number of hydrogen-bond acceptors (Lipinski definition) is 10. The zero-order valence-corrected chi connectivity index (χ0v) is 21.3. The molecule has 0 aromatic heterocycles. The van der Waals surface area contributed by atoms with Crippen LogP contribution < -0.4 is 10.3 Å². The Morgan fingerprint density at radius 3 is 2.43 bits per heavy atom. The number of nitrogens with zero attached hydrogens (tertiary/aromatic N) is 4. The molecule has 3 N–H and O–H groups in total. The second-order valence-corrected chi connectivity index (χ2v) is 11.5. The number of ether oxygens (including phenoxy) is 1. The number of amides is 2. The minimum atomic E-state index is -4.43. The number of hydrazone groups is 1. The third-order valence-electron chi connectivity index (χ3n) is 5.31. The van der Waals surface area contributed by atoms with Crippen molar-refractivity contribution in [2.24, 2.45) is 5.10 Å². The number of anilines is 1. The molecule has 198 valence electrons. The summed E-state index contributed by atoms with van der Waals surface area (Å²) in [7, 11) is -8.66. The molecular formula is C21H23N5O9S2.